The van der Waals surface area contributed by atoms with Crippen molar-refractivity contribution in [1.29, 1.82) is 0 Å². The second-order valence-electron chi connectivity index (χ2n) is 5.44. The molecule has 6 nitrogen and oxygen atoms in total. The van der Waals surface area contributed by atoms with Gasteiger partial charge in [0.15, 0.2) is 0 Å². The molecule has 23 heavy (non-hydrogen) atoms. The monoisotopic (exact) mass is 337 g/mol. The van der Waals surface area contributed by atoms with Crippen molar-refractivity contribution < 1.29 is 14.4 Å². The molecule has 0 saturated heterocycles. The van der Waals surface area contributed by atoms with E-state index >= 15 is 0 Å². The van der Waals surface area contributed by atoms with Crippen LogP contribution in [0, 0.1) is 5.92 Å². The number of carbonyl (C=O) groups is 2. The van der Waals surface area contributed by atoms with E-state index in [1.54, 1.807) is 17.0 Å². The topological polar surface area (TPSA) is 73.5 Å². The molecule has 1 heterocycles. The van der Waals surface area contributed by atoms with Crippen LogP contribution < -0.4 is 0 Å². The molecule has 2 rings (SSSR count). The molecule has 0 aromatic carbocycles. The summed E-state index contributed by atoms with van der Waals surface area (Å²) in [6.07, 6.45) is 4.38. The maximum Gasteiger partial charge on any atom is 0.149 e. The lowest BCUT2D eigenvalue weighted by molar-refractivity contribution is -0.133. The van der Waals surface area contributed by atoms with E-state index in [1.807, 2.05) is 20.0 Å². The highest BCUT2D eigenvalue weighted by Gasteiger charge is 2.39. The minimum atomic E-state index is -0.788. The zero-order valence-corrected chi connectivity index (χ0v) is 14.0. The lowest BCUT2D eigenvalue weighted by Gasteiger charge is -2.26. The molecular formula is C16H20ClN3O3. The van der Waals surface area contributed by atoms with E-state index in [1.165, 1.54) is 5.54 Å². The number of hydrogen-bond acceptors (Lipinski definition) is 5. The summed E-state index contributed by atoms with van der Waals surface area (Å²) >= 11 is 5.40. The van der Waals surface area contributed by atoms with Crippen LogP contribution in [0.1, 0.15) is 37.8 Å². The van der Waals surface area contributed by atoms with Gasteiger partial charge in [-0.3, -0.25) is 14.3 Å². The van der Waals surface area contributed by atoms with Gasteiger partial charge in [0.2, 0.25) is 0 Å². The molecule has 0 N–H and O–H groups in total. The van der Waals surface area contributed by atoms with Gasteiger partial charge in [0.1, 0.15) is 24.1 Å². The molecule has 0 atom stereocenters. The molecule has 0 radical (unpaired) electrons. The zero-order valence-electron chi connectivity index (χ0n) is 13.2. The van der Waals surface area contributed by atoms with Crippen LogP contribution in [0.2, 0.25) is 0 Å². The minimum absolute atomic E-state index is 0.107. The first-order valence-corrected chi connectivity index (χ1v) is 7.99. The van der Waals surface area contributed by atoms with Crippen molar-refractivity contribution in [3.63, 3.8) is 0 Å². The van der Waals surface area contributed by atoms with Gasteiger partial charge in [-0.15, -0.1) is 0 Å². The molecule has 0 unspecified atom stereocenters. The Kier molecular flexibility index (Phi) is 6.10. The van der Waals surface area contributed by atoms with Crippen LogP contribution in [0.25, 0.3) is 0 Å². The van der Waals surface area contributed by atoms with Crippen LogP contribution in [0.3, 0.4) is 0 Å². The average Bonchev–Trinajstić information content (AvgIpc) is 2.95. The van der Waals surface area contributed by atoms with E-state index in [0.717, 1.165) is 5.69 Å². The third-order valence-corrected chi connectivity index (χ3v) is 4.13. The smallest absolute Gasteiger partial charge is 0.149 e. The number of halogens is 1. The summed E-state index contributed by atoms with van der Waals surface area (Å²) in [6.45, 7) is 2.06. The Morgan fingerprint density at radius 3 is 2.70 bits per heavy atom. The first kappa shape index (κ1) is 17.4. The molecular weight excluding hydrogens is 318 g/mol. The summed E-state index contributed by atoms with van der Waals surface area (Å²) in [7, 11) is 1.81. The number of ketones is 2. The van der Waals surface area contributed by atoms with Gasteiger partial charge in [0.25, 0.3) is 0 Å². The molecule has 1 aromatic heterocycles. The highest BCUT2D eigenvalue weighted by atomic mass is 35.5. The Balaban J connectivity index is 2.11. The minimum Gasteiger partial charge on any atom is -0.392 e. The van der Waals surface area contributed by atoms with Gasteiger partial charge < -0.3 is 4.84 Å². The van der Waals surface area contributed by atoms with Crippen LogP contribution in [0.5, 0.6) is 0 Å². The number of aryl methyl sites for hydroxylation is 1. The predicted octanol–water partition coefficient (Wildman–Crippen LogP) is 2.59. The fourth-order valence-electron chi connectivity index (χ4n) is 2.86. The molecule has 0 spiro atoms. The van der Waals surface area contributed by atoms with Crippen molar-refractivity contribution in [2.24, 2.45) is 18.1 Å². The Bertz CT molecular complexity index is 618. The van der Waals surface area contributed by atoms with Crippen LogP contribution in [-0.4, -0.2) is 33.7 Å². The van der Waals surface area contributed by atoms with Crippen molar-refractivity contribution in [2.45, 2.75) is 32.1 Å². The number of Topliss-reactive ketones (excluding diaryl/α,β-unsaturated/α-hetero) is 2. The van der Waals surface area contributed by atoms with E-state index in [0.29, 0.717) is 25.0 Å². The predicted molar refractivity (Wildman–Crippen MR) is 87.4 cm³/mol. The maximum atomic E-state index is 12.5. The van der Waals surface area contributed by atoms with E-state index in [2.05, 4.69) is 10.3 Å². The Morgan fingerprint density at radius 1 is 1.48 bits per heavy atom. The SMILES string of the molecule is CCC(=NOC/C=C/Cl)C1C(=O)CC(c2ccnn2C)CC1=O. The van der Waals surface area contributed by atoms with Crippen LogP contribution in [-0.2, 0) is 21.5 Å². The van der Waals surface area contributed by atoms with E-state index in [4.69, 9.17) is 16.4 Å². The molecule has 7 heteroatoms. The molecule has 124 valence electrons. The van der Waals surface area contributed by atoms with E-state index in [-0.39, 0.29) is 24.1 Å². The summed E-state index contributed by atoms with van der Waals surface area (Å²) in [5.74, 6) is -1.12. The lowest BCUT2D eigenvalue weighted by Crippen LogP contribution is -2.38. The third kappa shape index (κ3) is 4.07. The fraction of sp³-hybridized carbons (Fsp3) is 0.500. The van der Waals surface area contributed by atoms with Gasteiger partial charge in [-0.2, -0.15) is 5.10 Å². The van der Waals surface area contributed by atoms with Crippen molar-refractivity contribution in [2.75, 3.05) is 6.61 Å². The Morgan fingerprint density at radius 2 is 2.17 bits per heavy atom. The first-order chi connectivity index (χ1) is 11.1. The number of oxime groups is 1. The summed E-state index contributed by atoms with van der Waals surface area (Å²) in [6, 6.07) is 1.85. The van der Waals surface area contributed by atoms with Gasteiger partial charge in [0.05, 0.1) is 5.71 Å². The molecule has 1 aliphatic rings. The second kappa shape index (κ2) is 8.06. The molecule has 1 aliphatic carbocycles. The molecule has 1 fully saturated rings. The standard InChI is InChI=1S/C16H20ClN3O3/c1-3-12(19-23-8-4-6-17)16-14(21)9-11(10-15(16)22)13-5-7-18-20(13)2/h4-7,11,16H,3,8-10H2,1-2H3/b6-4+,19-12?. The average molecular weight is 338 g/mol. The summed E-state index contributed by atoms with van der Waals surface area (Å²) in [4.78, 5) is 30.1. The lowest BCUT2D eigenvalue weighted by atomic mass is 9.76. The quantitative estimate of drug-likeness (QED) is 0.346. The number of aromatic nitrogens is 2. The van der Waals surface area contributed by atoms with Crippen molar-refractivity contribution >= 4 is 28.9 Å². The third-order valence-electron chi connectivity index (χ3n) is 3.95. The van der Waals surface area contributed by atoms with Gasteiger partial charge >= 0.3 is 0 Å². The van der Waals surface area contributed by atoms with Gasteiger partial charge in [0, 0.05) is 43.2 Å². The zero-order chi connectivity index (χ0) is 16.8. The normalized spacial score (nSPS) is 22.8. The van der Waals surface area contributed by atoms with E-state index < -0.39 is 5.92 Å². The highest BCUT2D eigenvalue weighted by molar-refractivity contribution is 6.25. The fourth-order valence-corrected chi connectivity index (χ4v) is 2.93. The Hall–Kier alpha value is -1.95. The van der Waals surface area contributed by atoms with Crippen LogP contribution in [0.4, 0.5) is 0 Å². The highest BCUT2D eigenvalue weighted by Crippen LogP contribution is 2.32. The number of hydrogen-bond donors (Lipinski definition) is 0. The summed E-state index contributed by atoms with van der Waals surface area (Å²) < 4.78 is 1.71. The van der Waals surface area contributed by atoms with Crippen molar-refractivity contribution in [3.05, 3.63) is 29.6 Å². The first-order valence-electron chi connectivity index (χ1n) is 7.55. The number of carbonyl (C=O) groups excluding carboxylic acids is 2. The summed E-state index contributed by atoms with van der Waals surface area (Å²) in [5, 5.41) is 8.06. The number of rotatable bonds is 6. The van der Waals surface area contributed by atoms with Gasteiger partial charge in [-0.05, 0) is 18.6 Å². The molecule has 0 amide bonds. The van der Waals surface area contributed by atoms with Gasteiger partial charge in [-0.1, -0.05) is 23.7 Å². The van der Waals surface area contributed by atoms with Crippen molar-refractivity contribution in [3.8, 4) is 0 Å². The largest absolute Gasteiger partial charge is 0.392 e. The molecule has 1 saturated carbocycles. The Labute approximate surface area is 140 Å². The van der Waals surface area contributed by atoms with Crippen LogP contribution >= 0.6 is 11.6 Å². The second-order valence-corrected chi connectivity index (χ2v) is 5.70. The van der Waals surface area contributed by atoms with Crippen LogP contribution in [0.15, 0.2) is 29.0 Å². The molecule has 0 aliphatic heterocycles. The molecule has 0 bridgehead atoms. The maximum absolute atomic E-state index is 12.5. The molecule has 1 aromatic rings. The van der Waals surface area contributed by atoms with E-state index in [9.17, 15) is 9.59 Å². The summed E-state index contributed by atoms with van der Waals surface area (Å²) in [5.41, 5.74) is 2.71. The van der Waals surface area contributed by atoms with Crippen molar-refractivity contribution in [1.82, 2.24) is 9.78 Å². The van der Waals surface area contributed by atoms with Gasteiger partial charge in [-0.25, -0.2) is 0 Å². The number of nitrogens with zero attached hydrogens (tertiary/aromatic N) is 3.